The van der Waals surface area contributed by atoms with Crippen LogP contribution in [0, 0.1) is 19.7 Å². The molecule has 0 aliphatic carbocycles. The average Bonchev–Trinajstić information content (AvgIpc) is 2.64. The highest BCUT2D eigenvalue weighted by molar-refractivity contribution is 7.80. The summed E-state index contributed by atoms with van der Waals surface area (Å²) >= 11 is -2.37. The van der Waals surface area contributed by atoms with E-state index in [1.54, 1.807) is 25.1 Å². The number of benzene rings is 2. The van der Waals surface area contributed by atoms with E-state index in [0.29, 0.717) is 12.2 Å². The van der Waals surface area contributed by atoms with Crippen molar-refractivity contribution in [1.82, 2.24) is 4.98 Å². The van der Waals surface area contributed by atoms with Gasteiger partial charge >= 0.3 is 0 Å². The Balaban J connectivity index is 2.12. The zero-order valence-corrected chi connectivity index (χ0v) is 16.7. The summed E-state index contributed by atoms with van der Waals surface area (Å²) in [5.74, 6) is -0.307. The van der Waals surface area contributed by atoms with Crippen molar-refractivity contribution in [2.24, 2.45) is 0 Å². The fourth-order valence-corrected chi connectivity index (χ4v) is 3.58. The summed E-state index contributed by atoms with van der Waals surface area (Å²) in [5.41, 5.74) is 5.58. The highest BCUT2D eigenvalue weighted by Gasteiger charge is 2.12. The van der Waals surface area contributed by atoms with Crippen LogP contribution < -0.4 is 9.62 Å². The number of rotatable bonds is 6. The minimum absolute atomic E-state index is 0.307. The largest absolute Gasteiger partial charge is 0.755 e. The van der Waals surface area contributed by atoms with Gasteiger partial charge in [0.15, 0.2) is 0 Å². The van der Waals surface area contributed by atoms with E-state index < -0.39 is 11.3 Å². The lowest BCUT2D eigenvalue weighted by atomic mass is 10.0. The molecule has 0 bridgehead atoms. The zero-order chi connectivity index (χ0) is 20.3. The van der Waals surface area contributed by atoms with Gasteiger partial charge in [0.05, 0.1) is 0 Å². The molecule has 1 heterocycles. The Morgan fingerprint density at radius 1 is 1.07 bits per heavy atom. The van der Waals surface area contributed by atoms with Crippen LogP contribution in [0.1, 0.15) is 18.3 Å². The van der Waals surface area contributed by atoms with E-state index in [-0.39, 0.29) is 5.82 Å². The summed E-state index contributed by atoms with van der Waals surface area (Å²) in [5, 5.41) is 3.29. The minimum atomic E-state index is -2.37. The quantitative estimate of drug-likeness (QED) is 0.602. The second-order valence-electron chi connectivity index (χ2n) is 6.41. The van der Waals surface area contributed by atoms with Gasteiger partial charge in [-0.25, -0.2) is 4.39 Å². The maximum atomic E-state index is 13.2. The number of nitrogens with one attached hydrogen (secondary N) is 1. The van der Waals surface area contributed by atoms with Crippen molar-refractivity contribution in [2.75, 3.05) is 16.2 Å². The first-order valence-electron chi connectivity index (χ1n) is 8.86. The second kappa shape index (κ2) is 8.50. The van der Waals surface area contributed by atoms with Crippen molar-refractivity contribution in [1.29, 1.82) is 0 Å². The molecule has 0 spiro atoms. The van der Waals surface area contributed by atoms with E-state index in [0.717, 1.165) is 33.9 Å². The Morgan fingerprint density at radius 3 is 2.29 bits per heavy atom. The van der Waals surface area contributed by atoms with Crippen molar-refractivity contribution in [3.63, 3.8) is 0 Å². The summed E-state index contributed by atoms with van der Waals surface area (Å²) in [7, 11) is 0. The number of halogens is 1. The molecule has 0 amide bonds. The molecule has 0 aliphatic rings. The lowest BCUT2D eigenvalue weighted by molar-refractivity contribution is 0.533. The van der Waals surface area contributed by atoms with E-state index in [2.05, 4.69) is 10.3 Å². The van der Waals surface area contributed by atoms with Crippen LogP contribution in [0.25, 0.3) is 11.1 Å². The Hall–Kier alpha value is -2.77. The van der Waals surface area contributed by atoms with Crippen LogP contribution in [0.4, 0.5) is 21.5 Å². The summed E-state index contributed by atoms with van der Waals surface area (Å²) in [6.07, 6.45) is 0. The Kier molecular flexibility index (Phi) is 6.06. The molecule has 0 saturated heterocycles. The van der Waals surface area contributed by atoms with Gasteiger partial charge in [0, 0.05) is 51.8 Å². The predicted octanol–water partition coefficient (Wildman–Crippen LogP) is 4.87. The van der Waals surface area contributed by atoms with E-state index in [1.807, 2.05) is 38.1 Å². The maximum absolute atomic E-state index is 13.2. The topological polar surface area (TPSA) is 68.3 Å². The molecule has 1 N–H and O–H groups in total. The molecular formula is C21H21FN3O2S-. The van der Waals surface area contributed by atoms with Crippen LogP contribution in [0.5, 0.6) is 0 Å². The SMILES string of the molecule is CCN(c1ccc(Nc2ccc(F)cc2)c(-c2cc(C)nc(C)c2)c1)S(=O)[O-]. The number of hydrogen-bond acceptors (Lipinski definition) is 4. The molecule has 1 unspecified atom stereocenters. The van der Waals surface area contributed by atoms with Crippen LogP contribution in [0.2, 0.25) is 0 Å². The molecule has 7 heteroatoms. The van der Waals surface area contributed by atoms with Gasteiger partial charge in [0.2, 0.25) is 0 Å². The number of aromatic nitrogens is 1. The van der Waals surface area contributed by atoms with E-state index in [4.69, 9.17) is 0 Å². The average molecular weight is 398 g/mol. The minimum Gasteiger partial charge on any atom is -0.755 e. The van der Waals surface area contributed by atoms with Gasteiger partial charge in [-0.3, -0.25) is 9.19 Å². The molecule has 28 heavy (non-hydrogen) atoms. The Bertz CT molecular complexity index is 989. The standard InChI is InChI=1S/C21H22FN3O2S/c1-4-25(28(26)27)19-9-10-21(24-18-7-5-17(22)6-8-18)20(13-19)16-11-14(2)23-15(3)12-16/h5-13,24H,4H2,1-3H3,(H,26,27)/p-1. The molecule has 5 nitrogen and oxygen atoms in total. The van der Waals surface area contributed by atoms with Crippen molar-refractivity contribution in [3.8, 4) is 11.1 Å². The molecule has 2 aromatic carbocycles. The molecule has 0 radical (unpaired) electrons. The van der Waals surface area contributed by atoms with Gasteiger partial charge < -0.3 is 14.2 Å². The van der Waals surface area contributed by atoms with E-state index in [1.165, 1.54) is 16.4 Å². The number of anilines is 3. The number of nitrogens with zero attached hydrogens (tertiary/aromatic N) is 2. The first kappa shape index (κ1) is 20.0. The summed E-state index contributed by atoms with van der Waals surface area (Å²) in [4.78, 5) is 4.41. The van der Waals surface area contributed by atoms with E-state index >= 15 is 0 Å². The van der Waals surface area contributed by atoms with Crippen molar-refractivity contribution < 1.29 is 13.2 Å². The normalized spacial score (nSPS) is 11.9. The molecule has 0 aliphatic heterocycles. The lowest BCUT2D eigenvalue weighted by Crippen LogP contribution is -2.24. The third kappa shape index (κ3) is 4.55. The molecule has 3 rings (SSSR count). The van der Waals surface area contributed by atoms with Crippen molar-refractivity contribution in [3.05, 3.63) is 71.8 Å². The van der Waals surface area contributed by atoms with E-state index in [9.17, 15) is 13.2 Å². The fraction of sp³-hybridized carbons (Fsp3) is 0.190. The molecule has 1 atom stereocenters. The summed E-state index contributed by atoms with van der Waals surface area (Å²) < 4.78 is 37.6. The van der Waals surface area contributed by atoms with Gasteiger partial charge in [0.1, 0.15) is 5.82 Å². The molecule has 0 fully saturated rings. The van der Waals surface area contributed by atoms with Crippen molar-refractivity contribution in [2.45, 2.75) is 20.8 Å². The smallest absolute Gasteiger partial charge is 0.123 e. The van der Waals surface area contributed by atoms with Gasteiger partial charge in [-0.15, -0.1) is 0 Å². The Morgan fingerprint density at radius 2 is 1.71 bits per heavy atom. The summed E-state index contributed by atoms with van der Waals surface area (Å²) in [6, 6.07) is 15.4. The van der Waals surface area contributed by atoms with Crippen LogP contribution in [0.3, 0.4) is 0 Å². The molecule has 0 saturated carbocycles. The van der Waals surface area contributed by atoms with Gasteiger partial charge in [-0.05, 0) is 80.9 Å². The van der Waals surface area contributed by atoms with Crippen LogP contribution in [-0.4, -0.2) is 20.3 Å². The third-order valence-electron chi connectivity index (χ3n) is 4.27. The molecule has 1 aromatic heterocycles. The van der Waals surface area contributed by atoms with Gasteiger partial charge in [-0.2, -0.15) is 0 Å². The highest BCUT2D eigenvalue weighted by Crippen LogP contribution is 2.35. The number of hydrogen-bond donors (Lipinski definition) is 1. The maximum Gasteiger partial charge on any atom is 0.123 e. The van der Waals surface area contributed by atoms with Crippen LogP contribution >= 0.6 is 0 Å². The Labute approximate surface area is 166 Å². The van der Waals surface area contributed by atoms with Gasteiger partial charge in [0.25, 0.3) is 0 Å². The third-order valence-corrected chi connectivity index (χ3v) is 5.10. The van der Waals surface area contributed by atoms with Crippen LogP contribution in [-0.2, 0) is 11.3 Å². The monoisotopic (exact) mass is 398 g/mol. The number of pyridine rings is 1. The second-order valence-corrected chi connectivity index (χ2v) is 7.29. The van der Waals surface area contributed by atoms with Gasteiger partial charge in [-0.1, -0.05) is 0 Å². The number of aryl methyl sites for hydroxylation is 2. The van der Waals surface area contributed by atoms with Crippen molar-refractivity contribution >= 4 is 28.3 Å². The first-order chi connectivity index (χ1) is 13.4. The molecular weight excluding hydrogens is 377 g/mol. The fourth-order valence-electron chi connectivity index (χ4n) is 3.09. The molecule has 146 valence electrons. The first-order valence-corrected chi connectivity index (χ1v) is 9.89. The predicted molar refractivity (Wildman–Crippen MR) is 111 cm³/mol. The lowest BCUT2D eigenvalue weighted by Gasteiger charge is -2.26. The zero-order valence-electron chi connectivity index (χ0n) is 15.9. The highest BCUT2D eigenvalue weighted by atomic mass is 32.2. The van der Waals surface area contributed by atoms with Crippen LogP contribution in [0.15, 0.2) is 54.6 Å². The molecule has 3 aromatic rings. The summed E-state index contributed by atoms with van der Waals surface area (Å²) in [6.45, 7) is 5.94.